The number of hydrogen-bond donors (Lipinski definition) is 0. The molecule has 6 rings (SSSR count). The van der Waals surface area contributed by atoms with E-state index in [1.807, 2.05) is 52.0 Å². The molecule has 0 bridgehead atoms. The summed E-state index contributed by atoms with van der Waals surface area (Å²) in [5, 5.41) is 0. The van der Waals surface area contributed by atoms with Gasteiger partial charge < -0.3 is 0 Å². The minimum atomic E-state index is -5.04. The number of hydrogen-bond acceptors (Lipinski definition) is 0. The first-order chi connectivity index (χ1) is 25.2. The number of allylic oxidation sites excluding steroid dienone is 2. The maximum atomic E-state index is 13.9. The van der Waals surface area contributed by atoms with Crippen LogP contribution in [0, 0.1) is 11.8 Å². The summed E-state index contributed by atoms with van der Waals surface area (Å²) in [7, 11) is -2.86. The molecule has 4 aromatic carbocycles. The summed E-state index contributed by atoms with van der Waals surface area (Å²) < 4.78 is 167. The predicted octanol–water partition coefficient (Wildman–Crippen LogP) is 14.9. The summed E-state index contributed by atoms with van der Waals surface area (Å²) in [5.41, 5.74) is -2.03. The lowest BCUT2D eigenvalue weighted by Gasteiger charge is -2.41. The van der Waals surface area contributed by atoms with Crippen LogP contribution in [-0.2, 0) is 24.7 Å². The van der Waals surface area contributed by atoms with Gasteiger partial charge in [-0.05, 0) is 92.7 Å². The highest BCUT2D eigenvalue weighted by atomic mass is 28.3. The second-order valence-corrected chi connectivity index (χ2v) is 20.3. The highest BCUT2D eigenvalue weighted by Gasteiger charge is 2.50. The van der Waals surface area contributed by atoms with Gasteiger partial charge in [-0.1, -0.05) is 100 Å². The fraction of sp³-hybridized carbons (Fsp3) is 0.333. The van der Waals surface area contributed by atoms with E-state index in [1.165, 1.54) is 12.1 Å². The summed E-state index contributed by atoms with van der Waals surface area (Å²) in [6.45, 7) is 12.0. The van der Waals surface area contributed by atoms with Crippen molar-refractivity contribution in [2.45, 2.75) is 76.6 Å². The molecule has 0 aromatic heterocycles. The largest absolute Gasteiger partial charge is 0.416 e. The molecule has 0 aliphatic heterocycles. The number of halogens is 12. The van der Waals surface area contributed by atoms with Crippen LogP contribution >= 0.6 is 0 Å². The first kappa shape index (κ1) is 40.4. The van der Waals surface area contributed by atoms with Gasteiger partial charge in [0.25, 0.3) is 0 Å². The topological polar surface area (TPSA) is 0 Å². The summed E-state index contributed by atoms with van der Waals surface area (Å²) >= 11 is 0. The Morgan fingerprint density at radius 2 is 0.745 bits per heavy atom. The van der Waals surface area contributed by atoms with E-state index in [1.54, 1.807) is 12.1 Å². The van der Waals surface area contributed by atoms with Gasteiger partial charge in [-0.3, -0.25) is 0 Å². The van der Waals surface area contributed by atoms with Crippen molar-refractivity contribution in [2.75, 3.05) is 0 Å². The normalized spacial score (nSPS) is 17.8. The molecule has 0 saturated heterocycles. The quantitative estimate of drug-likeness (QED) is 0.135. The Morgan fingerprint density at radius 1 is 0.455 bits per heavy atom. The fourth-order valence-electron chi connectivity index (χ4n) is 8.40. The van der Waals surface area contributed by atoms with Crippen LogP contribution in [0.15, 0.2) is 83.9 Å². The van der Waals surface area contributed by atoms with E-state index in [-0.39, 0.29) is 57.3 Å². The van der Waals surface area contributed by atoms with E-state index in [2.05, 4.69) is 13.1 Å². The number of fused-ring (bicyclic) bond motifs is 2. The zero-order chi connectivity index (χ0) is 40.8. The molecule has 0 fully saturated rings. The lowest BCUT2D eigenvalue weighted by molar-refractivity contribution is -0.144. The Hall–Kier alpha value is -4.26. The smallest absolute Gasteiger partial charge is 0.166 e. The summed E-state index contributed by atoms with van der Waals surface area (Å²) in [6.07, 6.45) is -16.5. The fourth-order valence-corrected chi connectivity index (χ4v) is 13.4. The SMILES string of the molecule is CC(C)C1=Cc2c(-c3cc(C(F)(F)F)cc(C(F)(F)F)c3)cccc2C1[Si](C)(C)C1C(C(C)C)=Cc2c(-c3cc(C(F)(F)F)cc(C(F)(F)F)c3)cccc21. The first-order valence-electron chi connectivity index (χ1n) is 17.5. The van der Waals surface area contributed by atoms with E-state index in [9.17, 15) is 52.7 Å². The van der Waals surface area contributed by atoms with Crippen molar-refractivity contribution in [3.8, 4) is 22.3 Å². The van der Waals surface area contributed by atoms with Crippen LogP contribution in [0.1, 0.15) is 83.3 Å². The van der Waals surface area contributed by atoms with Crippen LogP contribution in [0.4, 0.5) is 52.7 Å². The third-order valence-electron chi connectivity index (χ3n) is 10.8. The van der Waals surface area contributed by atoms with Crippen molar-refractivity contribution in [3.05, 3.63) is 128 Å². The maximum absolute atomic E-state index is 13.9. The Balaban J connectivity index is 1.54. The van der Waals surface area contributed by atoms with Gasteiger partial charge in [0.2, 0.25) is 0 Å². The van der Waals surface area contributed by atoms with Gasteiger partial charge in [0.15, 0.2) is 0 Å². The van der Waals surface area contributed by atoms with Crippen molar-refractivity contribution in [1.82, 2.24) is 0 Å². The summed E-state index contributed by atoms with van der Waals surface area (Å²) in [6, 6.07) is 12.9. The van der Waals surface area contributed by atoms with Crippen LogP contribution < -0.4 is 0 Å². The van der Waals surface area contributed by atoms with Gasteiger partial charge in [0.1, 0.15) is 0 Å². The number of alkyl halides is 12. The molecule has 2 unspecified atom stereocenters. The average Bonchev–Trinajstić information content (AvgIpc) is 3.67. The molecule has 0 radical (unpaired) electrons. The van der Waals surface area contributed by atoms with E-state index in [4.69, 9.17) is 0 Å². The van der Waals surface area contributed by atoms with Crippen molar-refractivity contribution in [3.63, 3.8) is 0 Å². The lowest BCUT2D eigenvalue weighted by Crippen LogP contribution is -2.44. The van der Waals surface area contributed by atoms with E-state index >= 15 is 0 Å². The molecular formula is C42H36F12Si. The Kier molecular flexibility index (Phi) is 9.88. The van der Waals surface area contributed by atoms with Crippen molar-refractivity contribution < 1.29 is 52.7 Å². The highest BCUT2D eigenvalue weighted by molar-refractivity contribution is 6.81. The van der Waals surface area contributed by atoms with Crippen LogP contribution in [0.2, 0.25) is 13.1 Å². The third kappa shape index (κ3) is 7.40. The lowest BCUT2D eigenvalue weighted by atomic mass is 9.93. The first-order valence-corrected chi connectivity index (χ1v) is 20.6. The van der Waals surface area contributed by atoms with Crippen LogP contribution in [0.5, 0.6) is 0 Å². The monoisotopic (exact) mass is 796 g/mol. The molecule has 55 heavy (non-hydrogen) atoms. The van der Waals surface area contributed by atoms with E-state index in [0.29, 0.717) is 11.1 Å². The van der Waals surface area contributed by atoms with Gasteiger partial charge >= 0.3 is 24.7 Å². The van der Waals surface area contributed by atoms with E-state index in [0.717, 1.165) is 46.5 Å². The Morgan fingerprint density at radius 3 is 1.00 bits per heavy atom. The molecule has 2 aliphatic rings. The second kappa shape index (κ2) is 13.4. The molecule has 0 amide bonds. The zero-order valence-corrected chi connectivity index (χ0v) is 31.4. The van der Waals surface area contributed by atoms with Crippen LogP contribution in [0.25, 0.3) is 34.4 Å². The summed E-state index contributed by atoms with van der Waals surface area (Å²) in [5.74, 6) is -0.206. The molecule has 292 valence electrons. The molecule has 0 saturated carbocycles. The van der Waals surface area contributed by atoms with E-state index < -0.39 is 55.0 Å². The number of rotatable bonds is 6. The average molecular weight is 797 g/mol. The van der Waals surface area contributed by atoms with Crippen molar-refractivity contribution in [2.24, 2.45) is 11.8 Å². The molecule has 0 nitrogen and oxygen atoms in total. The van der Waals surface area contributed by atoms with Crippen molar-refractivity contribution in [1.29, 1.82) is 0 Å². The van der Waals surface area contributed by atoms with Gasteiger partial charge in [-0.15, -0.1) is 0 Å². The molecule has 0 N–H and O–H groups in total. The highest BCUT2D eigenvalue weighted by Crippen LogP contribution is 2.57. The molecule has 0 heterocycles. The molecule has 2 aliphatic carbocycles. The summed E-state index contributed by atoms with van der Waals surface area (Å²) in [4.78, 5) is 0. The molecular weight excluding hydrogens is 761 g/mol. The minimum absolute atomic E-state index is 0.0930. The Bertz CT molecular complexity index is 1990. The Labute approximate surface area is 311 Å². The van der Waals surface area contributed by atoms with Crippen LogP contribution in [0.3, 0.4) is 0 Å². The van der Waals surface area contributed by atoms with Crippen LogP contribution in [-0.4, -0.2) is 8.07 Å². The minimum Gasteiger partial charge on any atom is -0.166 e. The van der Waals surface area contributed by atoms with Gasteiger partial charge in [0.05, 0.1) is 30.3 Å². The molecule has 13 heteroatoms. The van der Waals surface area contributed by atoms with Crippen molar-refractivity contribution >= 4 is 20.2 Å². The molecule has 4 aromatic rings. The predicted molar refractivity (Wildman–Crippen MR) is 192 cm³/mol. The van der Waals surface area contributed by atoms with Gasteiger partial charge in [-0.25, -0.2) is 0 Å². The molecule has 0 spiro atoms. The zero-order valence-electron chi connectivity index (χ0n) is 30.4. The standard InChI is InChI=1S/C42H36F12Si/c1-21(2)33-19-35-29(23-13-25(39(43,44)45)17-26(14-23)40(46,47)48)9-7-11-31(35)37(33)55(5,6)38-32-12-8-10-30(36(32)20-34(38)22(3)4)24-15-27(41(49,50)51)18-28(16-24)42(52,53)54/h7-22,37-38H,1-6H3. The van der Waals surface area contributed by atoms with Gasteiger partial charge in [0, 0.05) is 11.1 Å². The number of benzene rings is 4. The second-order valence-electron chi connectivity index (χ2n) is 15.5. The molecule has 2 atom stereocenters. The third-order valence-corrected chi connectivity index (χ3v) is 15.1. The maximum Gasteiger partial charge on any atom is 0.416 e. The van der Waals surface area contributed by atoms with Gasteiger partial charge in [-0.2, -0.15) is 52.7 Å².